The van der Waals surface area contributed by atoms with E-state index >= 15 is 0 Å². The first-order valence-electron chi connectivity index (χ1n) is 10.0. The molecule has 1 heteroatoms. The summed E-state index contributed by atoms with van der Waals surface area (Å²) in [6.45, 7) is 6.01. The number of hydrogen-bond acceptors (Lipinski definition) is 1. The molecule has 21 heavy (non-hydrogen) atoms. The molecule has 0 aliphatic heterocycles. The molecular weight excluding hydrogens is 254 g/mol. The second kappa shape index (κ2) is 9.87. The van der Waals surface area contributed by atoms with Gasteiger partial charge in [0.1, 0.15) is 0 Å². The Morgan fingerprint density at radius 3 is 2.29 bits per heavy atom. The lowest BCUT2D eigenvalue weighted by Crippen LogP contribution is -2.40. The van der Waals surface area contributed by atoms with Crippen LogP contribution >= 0.6 is 0 Å². The van der Waals surface area contributed by atoms with Crippen molar-refractivity contribution in [3.8, 4) is 0 Å². The summed E-state index contributed by atoms with van der Waals surface area (Å²) in [4.78, 5) is 0. The minimum absolute atomic E-state index is 0.831. The number of rotatable bonds is 8. The van der Waals surface area contributed by atoms with Gasteiger partial charge in [-0.05, 0) is 50.0 Å². The SMILES string of the molecule is CCCCCNC(CC1CCCCC1)C1CCC(C)CC1. The minimum atomic E-state index is 0.831. The Bertz CT molecular complexity index is 249. The van der Waals surface area contributed by atoms with Crippen molar-refractivity contribution in [2.24, 2.45) is 17.8 Å². The predicted molar refractivity (Wildman–Crippen MR) is 93.6 cm³/mol. The summed E-state index contributed by atoms with van der Waals surface area (Å²) < 4.78 is 0. The zero-order valence-electron chi connectivity index (χ0n) is 14.7. The molecule has 0 saturated heterocycles. The van der Waals surface area contributed by atoms with E-state index in [-0.39, 0.29) is 0 Å². The zero-order valence-corrected chi connectivity index (χ0v) is 14.7. The molecule has 2 saturated carbocycles. The fourth-order valence-corrected chi connectivity index (χ4v) is 4.58. The van der Waals surface area contributed by atoms with E-state index in [1.54, 1.807) is 0 Å². The third-order valence-electron chi connectivity index (χ3n) is 6.13. The van der Waals surface area contributed by atoms with Gasteiger partial charge < -0.3 is 5.32 Å². The Morgan fingerprint density at radius 1 is 0.905 bits per heavy atom. The van der Waals surface area contributed by atoms with E-state index in [1.165, 1.54) is 90.0 Å². The van der Waals surface area contributed by atoms with E-state index in [1.807, 2.05) is 0 Å². The highest BCUT2D eigenvalue weighted by molar-refractivity contribution is 4.84. The summed E-state index contributed by atoms with van der Waals surface area (Å²) in [6.07, 6.45) is 19.0. The Morgan fingerprint density at radius 2 is 1.62 bits per heavy atom. The van der Waals surface area contributed by atoms with Crippen molar-refractivity contribution < 1.29 is 0 Å². The van der Waals surface area contributed by atoms with Crippen molar-refractivity contribution in [1.82, 2.24) is 5.32 Å². The Balaban J connectivity index is 1.79. The Labute approximate surface area is 133 Å². The van der Waals surface area contributed by atoms with Crippen LogP contribution in [0.4, 0.5) is 0 Å². The fraction of sp³-hybridized carbons (Fsp3) is 1.00. The van der Waals surface area contributed by atoms with Gasteiger partial charge in [0.05, 0.1) is 0 Å². The molecule has 1 nitrogen and oxygen atoms in total. The highest BCUT2D eigenvalue weighted by atomic mass is 14.9. The minimum Gasteiger partial charge on any atom is -0.314 e. The Kier molecular flexibility index (Phi) is 8.14. The predicted octanol–water partition coefficient (Wildman–Crippen LogP) is 5.93. The molecule has 0 aromatic carbocycles. The highest BCUT2D eigenvalue weighted by Crippen LogP contribution is 2.35. The van der Waals surface area contributed by atoms with Gasteiger partial charge in [-0.15, -0.1) is 0 Å². The van der Waals surface area contributed by atoms with E-state index in [0.29, 0.717) is 0 Å². The highest BCUT2D eigenvalue weighted by Gasteiger charge is 2.28. The van der Waals surface area contributed by atoms with Crippen molar-refractivity contribution in [1.29, 1.82) is 0 Å². The summed E-state index contributed by atoms with van der Waals surface area (Å²) in [5.74, 6) is 2.99. The topological polar surface area (TPSA) is 12.0 Å². The third kappa shape index (κ3) is 6.30. The smallest absolute Gasteiger partial charge is 0.00979 e. The van der Waals surface area contributed by atoms with Gasteiger partial charge in [0.2, 0.25) is 0 Å². The summed E-state index contributed by atoms with van der Waals surface area (Å²) >= 11 is 0. The van der Waals surface area contributed by atoms with Gasteiger partial charge in [-0.2, -0.15) is 0 Å². The summed E-state index contributed by atoms with van der Waals surface area (Å²) in [5.41, 5.74) is 0. The van der Waals surface area contributed by atoms with Crippen molar-refractivity contribution in [3.05, 3.63) is 0 Å². The van der Waals surface area contributed by atoms with E-state index in [9.17, 15) is 0 Å². The third-order valence-corrected chi connectivity index (χ3v) is 6.13. The summed E-state index contributed by atoms with van der Waals surface area (Å²) in [7, 11) is 0. The number of hydrogen-bond donors (Lipinski definition) is 1. The van der Waals surface area contributed by atoms with Crippen LogP contribution in [0.5, 0.6) is 0 Å². The molecule has 2 fully saturated rings. The van der Waals surface area contributed by atoms with E-state index in [2.05, 4.69) is 19.2 Å². The number of unbranched alkanes of at least 4 members (excludes halogenated alkanes) is 2. The van der Waals surface area contributed by atoms with Crippen LogP contribution in [-0.4, -0.2) is 12.6 Å². The maximum atomic E-state index is 3.99. The summed E-state index contributed by atoms with van der Waals surface area (Å²) in [5, 5.41) is 3.99. The van der Waals surface area contributed by atoms with Gasteiger partial charge in [-0.1, -0.05) is 71.6 Å². The van der Waals surface area contributed by atoms with Gasteiger partial charge in [0.25, 0.3) is 0 Å². The summed E-state index contributed by atoms with van der Waals surface area (Å²) in [6, 6.07) is 0.831. The maximum Gasteiger partial charge on any atom is 0.00979 e. The molecule has 0 bridgehead atoms. The largest absolute Gasteiger partial charge is 0.314 e. The van der Waals surface area contributed by atoms with Gasteiger partial charge in [0.15, 0.2) is 0 Å². The molecule has 2 rings (SSSR count). The van der Waals surface area contributed by atoms with Crippen LogP contribution in [-0.2, 0) is 0 Å². The molecule has 1 unspecified atom stereocenters. The monoisotopic (exact) mass is 293 g/mol. The molecule has 1 N–H and O–H groups in total. The van der Waals surface area contributed by atoms with Crippen LogP contribution in [0.1, 0.15) is 97.3 Å². The van der Waals surface area contributed by atoms with Crippen LogP contribution in [0, 0.1) is 17.8 Å². The quantitative estimate of drug-likeness (QED) is 0.547. The Hall–Kier alpha value is -0.0400. The van der Waals surface area contributed by atoms with Crippen molar-refractivity contribution in [3.63, 3.8) is 0 Å². The first kappa shape index (κ1) is 17.3. The molecule has 124 valence electrons. The van der Waals surface area contributed by atoms with E-state index in [4.69, 9.17) is 0 Å². The van der Waals surface area contributed by atoms with Gasteiger partial charge >= 0.3 is 0 Å². The van der Waals surface area contributed by atoms with E-state index < -0.39 is 0 Å². The zero-order chi connectivity index (χ0) is 14.9. The lowest BCUT2D eigenvalue weighted by atomic mass is 9.75. The normalized spacial score (nSPS) is 29.4. The molecular formula is C20H39N. The second-order valence-corrected chi connectivity index (χ2v) is 8.03. The fourth-order valence-electron chi connectivity index (χ4n) is 4.58. The van der Waals surface area contributed by atoms with Crippen molar-refractivity contribution in [2.45, 2.75) is 103 Å². The number of nitrogens with one attached hydrogen (secondary N) is 1. The van der Waals surface area contributed by atoms with Crippen molar-refractivity contribution in [2.75, 3.05) is 6.54 Å². The molecule has 0 spiro atoms. The molecule has 1 atom stereocenters. The lowest BCUT2D eigenvalue weighted by Gasteiger charge is -2.36. The van der Waals surface area contributed by atoms with Gasteiger partial charge in [-0.25, -0.2) is 0 Å². The van der Waals surface area contributed by atoms with Crippen LogP contribution in [0.15, 0.2) is 0 Å². The average Bonchev–Trinajstić information content (AvgIpc) is 2.52. The molecule has 2 aliphatic carbocycles. The van der Waals surface area contributed by atoms with Crippen LogP contribution in [0.3, 0.4) is 0 Å². The maximum absolute atomic E-state index is 3.99. The molecule has 0 radical (unpaired) electrons. The lowest BCUT2D eigenvalue weighted by molar-refractivity contribution is 0.191. The van der Waals surface area contributed by atoms with Crippen molar-refractivity contribution >= 4 is 0 Å². The van der Waals surface area contributed by atoms with Crippen LogP contribution in [0.25, 0.3) is 0 Å². The first-order valence-corrected chi connectivity index (χ1v) is 10.0. The standard InChI is InChI=1S/C20H39N/c1-3-4-8-15-21-20(16-18-9-6-5-7-10-18)19-13-11-17(2)12-14-19/h17-21H,3-16H2,1-2H3. The van der Waals surface area contributed by atoms with Gasteiger partial charge in [-0.3, -0.25) is 0 Å². The molecule has 0 amide bonds. The van der Waals surface area contributed by atoms with Gasteiger partial charge in [0, 0.05) is 6.04 Å². The average molecular weight is 294 g/mol. The molecule has 2 aliphatic rings. The first-order chi connectivity index (χ1) is 10.3. The van der Waals surface area contributed by atoms with Crippen LogP contribution < -0.4 is 5.32 Å². The van der Waals surface area contributed by atoms with E-state index in [0.717, 1.165) is 23.8 Å². The molecule has 0 aromatic heterocycles. The molecule has 0 heterocycles. The second-order valence-electron chi connectivity index (χ2n) is 8.03. The van der Waals surface area contributed by atoms with Crippen LogP contribution in [0.2, 0.25) is 0 Å². The molecule has 0 aromatic rings.